The van der Waals surface area contributed by atoms with Crippen molar-refractivity contribution in [1.29, 1.82) is 5.26 Å². The Morgan fingerprint density at radius 3 is 2.08 bits per heavy atom. The molecule has 22 heteroatoms. The number of ether oxygens (including phenoxy) is 4. The minimum atomic E-state index is -1.81. The molecule has 1 aromatic heterocycles. The molecule has 21 nitrogen and oxygen atoms in total. The highest BCUT2D eigenvalue weighted by atomic mass is 31.2. The summed E-state index contributed by atoms with van der Waals surface area (Å²) in [6.07, 6.45) is 4.32. The standard InChI is InChI=1S/C73H83N8O13P/c1-47(2)81(48(3)4)95(91-40-18-37-74)94-64-44-67(93-65(64)46-90-73(51-19-14-13-15-20-51,52-23-29-56(88-9)30-24-52)53-25-31-57(89-10)32-26-53)80-45-50(70(84)77-72(80)87)22-36-66(82)75-38-16-11-12-17-39-76-69(83)49-21-33-58(71(85)86)61(41-49)68-59-34-27-54(78(5)6)42-62(59)92-63-43-55(79(7)8)28-35-60(63)68/h13-15,19-36,41-43,45,47-48,64-65,67H,11-12,16-18,38-40,44,46H2,1-10H3,(H3-,75,76,77,82,83,84,85,86,87)/b36-22+/t64-,65+,67+,95?/m0/s1. The van der Waals surface area contributed by atoms with Crippen LogP contribution in [0.3, 0.4) is 0 Å². The van der Waals surface area contributed by atoms with Gasteiger partial charge in [0.1, 0.15) is 54.9 Å². The second-order valence-corrected chi connectivity index (χ2v) is 25.5. The summed E-state index contributed by atoms with van der Waals surface area (Å²) in [7, 11) is 9.08. The molecule has 1 unspecified atom stereocenters. The first-order chi connectivity index (χ1) is 45.7. The second kappa shape index (κ2) is 32.3. The van der Waals surface area contributed by atoms with Gasteiger partial charge in [-0.05, 0) is 123 Å². The Kier molecular flexibility index (Phi) is 23.8. The molecule has 3 heterocycles. The number of fused-ring (bicyclic) bond motifs is 2. The highest BCUT2D eigenvalue weighted by molar-refractivity contribution is 7.44. The Morgan fingerprint density at radius 1 is 0.821 bits per heavy atom. The smallest absolute Gasteiger partial charge is 0.330 e. The van der Waals surface area contributed by atoms with Crippen molar-refractivity contribution in [3.63, 3.8) is 0 Å². The number of rotatable bonds is 30. The molecule has 0 saturated carbocycles. The molecule has 95 heavy (non-hydrogen) atoms. The maximum absolute atomic E-state index is 13.9. The third-order valence-corrected chi connectivity index (χ3v) is 18.8. The van der Waals surface area contributed by atoms with Crippen LogP contribution in [0.1, 0.15) is 115 Å². The van der Waals surface area contributed by atoms with E-state index in [2.05, 4.69) is 26.4 Å². The fraction of sp³-hybridized carbons (Fsp3) is 0.356. The van der Waals surface area contributed by atoms with Gasteiger partial charge in [-0.2, -0.15) is 5.26 Å². The van der Waals surface area contributed by atoms with Gasteiger partial charge >= 0.3 is 5.69 Å². The molecular formula is C73H83N8O13P. The highest BCUT2D eigenvalue weighted by Gasteiger charge is 2.45. The van der Waals surface area contributed by atoms with Crippen molar-refractivity contribution in [2.24, 2.45) is 0 Å². The number of nitriles is 1. The van der Waals surface area contributed by atoms with Crippen LogP contribution in [-0.2, 0) is 28.9 Å². The van der Waals surface area contributed by atoms with Crippen molar-refractivity contribution in [2.45, 2.75) is 102 Å². The van der Waals surface area contributed by atoms with Crippen LogP contribution in [0.2, 0.25) is 0 Å². The SMILES string of the molecule is COc1ccc(C(OC[C@H]2O[C@@H](n3cc(/C=C/C(=O)NCCCCCCNC(=O)c4ccc(C(=O)[O-])c(-c5c6ccc(=[N+](C)C)cc-6oc6cc(N(C)C)ccc56)c4)c(=O)[nH]c3=O)C[C@@H]2OP(OCCC#N)N(C(C)C)C(C)C)(c2ccccc2)c2ccc(OC)cc2)cc1. The fourth-order valence-electron chi connectivity index (χ4n) is 11.8. The lowest BCUT2D eigenvalue weighted by Crippen LogP contribution is -2.39. The number of H-pyrrole nitrogens is 1. The lowest BCUT2D eigenvalue weighted by Gasteiger charge is -2.39. The zero-order chi connectivity index (χ0) is 67.9. The normalized spacial score (nSPS) is 15.2. The first-order valence-electron chi connectivity index (χ1n) is 31.8. The van der Waals surface area contributed by atoms with Crippen LogP contribution in [-0.4, -0.2) is 125 Å². The molecule has 1 saturated heterocycles. The molecule has 0 radical (unpaired) electrons. The number of hydrogen-bond acceptors (Lipinski definition) is 16. The Morgan fingerprint density at radius 2 is 1.47 bits per heavy atom. The number of hydrogen-bond donors (Lipinski definition) is 3. The highest BCUT2D eigenvalue weighted by Crippen LogP contribution is 2.51. The first kappa shape index (κ1) is 70.1. The van der Waals surface area contributed by atoms with Gasteiger partial charge in [0.25, 0.3) is 20.0 Å². The van der Waals surface area contributed by atoms with Crippen LogP contribution in [0.25, 0.3) is 39.5 Å². The van der Waals surface area contributed by atoms with Gasteiger partial charge in [-0.1, -0.05) is 73.5 Å². The summed E-state index contributed by atoms with van der Waals surface area (Å²) >= 11 is 0. The molecule has 0 spiro atoms. The van der Waals surface area contributed by atoms with Crippen LogP contribution in [0, 0.1) is 11.3 Å². The van der Waals surface area contributed by atoms with Gasteiger partial charge in [-0.25, -0.2) is 14.0 Å². The average molecular weight is 1310 g/mol. The Balaban J connectivity index is 0.864. The molecule has 4 atom stereocenters. The molecule has 498 valence electrons. The third kappa shape index (κ3) is 16.6. The molecule has 0 bridgehead atoms. The third-order valence-electron chi connectivity index (χ3n) is 16.6. The monoisotopic (exact) mass is 1310 g/mol. The van der Waals surface area contributed by atoms with Crippen LogP contribution < -0.4 is 51.3 Å². The minimum absolute atomic E-state index is 0.0269. The number of amides is 2. The summed E-state index contributed by atoms with van der Waals surface area (Å²) in [6, 6.07) is 43.1. The van der Waals surface area contributed by atoms with Crippen molar-refractivity contribution in [2.75, 3.05) is 73.6 Å². The number of benzene rings is 6. The molecule has 3 N–H and O–H groups in total. The number of carboxylic acids is 1. The van der Waals surface area contributed by atoms with Crippen molar-refractivity contribution in [1.82, 2.24) is 29.4 Å². The molecule has 1 aliphatic carbocycles. The van der Waals surface area contributed by atoms with Gasteiger partial charge in [0.2, 0.25) is 11.3 Å². The van der Waals surface area contributed by atoms with E-state index in [9.17, 15) is 34.3 Å². The second-order valence-electron chi connectivity index (χ2n) is 24.1. The van der Waals surface area contributed by atoms with Crippen LogP contribution in [0.5, 0.6) is 11.5 Å². The van der Waals surface area contributed by atoms with E-state index in [1.54, 1.807) is 20.3 Å². The number of nitrogens with one attached hydrogen (secondary N) is 3. The fourth-order valence-corrected chi connectivity index (χ4v) is 13.5. The number of anilines is 1. The van der Waals surface area contributed by atoms with Gasteiger partial charge in [0.15, 0.2) is 0 Å². The van der Waals surface area contributed by atoms with Crippen LogP contribution in [0.4, 0.5) is 5.69 Å². The summed E-state index contributed by atoms with van der Waals surface area (Å²) in [5.74, 6) is -0.351. The summed E-state index contributed by atoms with van der Waals surface area (Å²) in [4.78, 5) is 71.3. The minimum Gasteiger partial charge on any atom is -0.545 e. The van der Waals surface area contributed by atoms with E-state index in [1.165, 1.54) is 35.0 Å². The molecule has 6 aromatic rings. The molecule has 1 fully saturated rings. The Bertz CT molecular complexity index is 4160. The van der Waals surface area contributed by atoms with Crippen LogP contribution in [0.15, 0.2) is 160 Å². The summed E-state index contributed by atoms with van der Waals surface area (Å²) in [5, 5.41) is 29.6. The van der Waals surface area contributed by atoms with Gasteiger partial charge in [-0.3, -0.25) is 23.9 Å². The van der Waals surface area contributed by atoms with E-state index in [4.69, 9.17) is 32.4 Å². The maximum atomic E-state index is 13.9. The topological polar surface area (TPSA) is 255 Å². The number of unbranched alkanes of at least 4 members (excludes halogenated alkanes) is 3. The molecule has 5 aromatic carbocycles. The van der Waals surface area contributed by atoms with Gasteiger partial charge in [0.05, 0.1) is 63.6 Å². The van der Waals surface area contributed by atoms with Gasteiger partial charge < -0.3 is 57.8 Å². The molecule has 9 rings (SSSR count). The van der Waals surface area contributed by atoms with Crippen LogP contribution >= 0.6 is 8.53 Å². The zero-order valence-electron chi connectivity index (χ0n) is 55.4. The number of aromatic amines is 1. The number of carbonyl (C=O) groups excluding carboxylic acids is 3. The number of carbonyl (C=O) groups is 3. The van der Waals surface area contributed by atoms with Crippen molar-refractivity contribution in [3.8, 4) is 40.0 Å². The Labute approximate surface area is 554 Å². The number of carboxylic acid groups (broad SMARTS) is 1. The van der Waals surface area contributed by atoms with Crippen molar-refractivity contribution >= 4 is 49.0 Å². The number of nitrogens with zero attached hydrogens (tertiary/aromatic N) is 5. The van der Waals surface area contributed by atoms with Gasteiger partial charge in [-0.15, -0.1) is 0 Å². The predicted octanol–water partition coefficient (Wildman–Crippen LogP) is 9.61. The largest absolute Gasteiger partial charge is 0.545 e. The summed E-state index contributed by atoms with van der Waals surface area (Å²) < 4.78 is 50.5. The van der Waals surface area contributed by atoms with E-state index in [1.807, 2.05) is 181 Å². The summed E-state index contributed by atoms with van der Waals surface area (Å²) in [6.45, 7) is 8.88. The summed E-state index contributed by atoms with van der Waals surface area (Å²) in [5.41, 5.74) is 2.97. The molecule has 2 aliphatic heterocycles. The van der Waals surface area contributed by atoms with E-state index in [0.29, 0.717) is 70.9 Å². The van der Waals surface area contributed by atoms with E-state index in [-0.39, 0.29) is 60.7 Å². The predicted molar refractivity (Wildman–Crippen MR) is 365 cm³/mol. The zero-order valence-corrected chi connectivity index (χ0v) is 56.3. The average Bonchev–Trinajstić information content (AvgIpc) is 0.949. The van der Waals surface area contributed by atoms with E-state index >= 15 is 0 Å². The molecule has 2 amide bonds. The molecule has 3 aliphatic rings. The Hall–Kier alpha value is -9.26. The number of aromatic carboxylic acids is 1. The number of methoxy groups -OCH3 is 2. The lowest BCUT2D eigenvalue weighted by atomic mass is 9.80. The molecular weight excluding hydrogens is 1230 g/mol. The quantitative estimate of drug-likeness (QED) is 0.00946. The van der Waals surface area contributed by atoms with E-state index < -0.39 is 55.7 Å². The van der Waals surface area contributed by atoms with Crippen molar-refractivity contribution < 1.29 is 51.9 Å². The van der Waals surface area contributed by atoms with E-state index in [0.717, 1.165) is 40.6 Å². The van der Waals surface area contributed by atoms with Gasteiger partial charge in [0, 0.05) is 103 Å². The van der Waals surface area contributed by atoms with Crippen molar-refractivity contribution in [3.05, 3.63) is 205 Å². The maximum Gasteiger partial charge on any atom is 0.330 e. The lowest BCUT2D eigenvalue weighted by molar-refractivity contribution is -0.255. The number of aromatic nitrogens is 2. The first-order valence-corrected chi connectivity index (χ1v) is 32.9.